The van der Waals surface area contributed by atoms with Crippen LogP contribution in [0.3, 0.4) is 0 Å². The van der Waals surface area contributed by atoms with Crippen molar-refractivity contribution < 1.29 is 89.0 Å². The van der Waals surface area contributed by atoms with Crippen molar-refractivity contribution in [3.05, 3.63) is 207 Å². The highest BCUT2D eigenvalue weighted by molar-refractivity contribution is 7.90. The van der Waals surface area contributed by atoms with Crippen LogP contribution in [-0.2, 0) is 116 Å². The predicted molar refractivity (Wildman–Crippen MR) is 467 cm³/mol. The Hall–Kier alpha value is -10.9. The molecule has 666 valence electrons. The molecule has 2 fully saturated rings. The van der Waals surface area contributed by atoms with E-state index in [1.165, 1.54) is 56.3 Å². The second kappa shape index (κ2) is 43.6. The number of halogens is 3. The van der Waals surface area contributed by atoms with Crippen LogP contribution in [0.15, 0.2) is 158 Å². The van der Waals surface area contributed by atoms with Crippen LogP contribution in [0.5, 0.6) is 5.75 Å². The highest BCUT2D eigenvalue weighted by Gasteiger charge is 2.43. The molecule has 34 heteroatoms. The van der Waals surface area contributed by atoms with Gasteiger partial charge in [0.25, 0.3) is 0 Å². The molecule has 6 aromatic carbocycles. The molecule has 0 bridgehead atoms. The number of phenols is 1. The molecule has 2 aliphatic rings. The molecule has 124 heavy (non-hydrogen) atoms. The molecule has 10 amide bonds. The second-order valence-corrected chi connectivity index (χ2v) is 38.9. The van der Waals surface area contributed by atoms with Crippen molar-refractivity contribution in [2.75, 3.05) is 64.9 Å². The van der Waals surface area contributed by atoms with Gasteiger partial charge in [0, 0.05) is 124 Å². The Morgan fingerprint density at radius 1 is 0.492 bits per heavy atom. The lowest BCUT2D eigenvalue weighted by Crippen LogP contribution is -2.61. The van der Waals surface area contributed by atoms with E-state index in [1.807, 2.05) is 0 Å². The van der Waals surface area contributed by atoms with E-state index in [9.17, 15) is 46.2 Å². The largest absolute Gasteiger partial charge is 0.505 e. The minimum Gasteiger partial charge on any atom is -0.505 e. The van der Waals surface area contributed by atoms with Crippen LogP contribution in [0.1, 0.15) is 106 Å². The lowest BCUT2D eigenvalue weighted by Gasteiger charge is -2.40. The van der Waals surface area contributed by atoms with Crippen molar-refractivity contribution in [3.63, 3.8) is 0 Å². The predicted octanol–water partition coefficient (Wildman–Crippen LogP) is 6.19. The van der Waals surface area contributed by atoms with Crippen LogP contribution in [-0.4, -0.2) is 242 Å². The number of rotatable bonds is 20. The molecule has 2 saturated heterocycles. The number of nitrogens with one attached hydrogen (secondary N) is 7. The maximum absolute atomic E-state index is 16.2. The molecule has 11 atom stereocenters. The normalized spacial score (nSPS) is 22.9. The zero-order valence-electron chi connectivity index (χ0n) is 70.8. The molecule has 9 rings (SSSR count). The molecular formula is C90H110Cl2FN11O18S2. The number of Topliss-reactive ketones (excluding diaryl/α,β-unsaturated/α-hetero) is 2. The maximum Gasteiger partial charge on any atom is 0.246 e. The third-order valence-electron chi connectivity index (χ3n) is 23.0. The number of aliphatic hydroxyl groups excluding tert-OH is 1. The van der Waals surface area contributed by atoms with Gasteiger partial charge in [-0.15, -0.1) is 0 Å². The number of hydrogen-bond donors (Lipinski definition) is 9. The number of phenolic OH excluding ortho intramolecular Hbond substituents is 1. The number of H-pyrrole nitrogens is 1. The van der Waals surface area contributed by atoms with Crippen molar-refractivity contribution >= 4 is 124 Å². The van der Waals surface area contributed by atoms with E-state index >= 15 is 42.7 Å². The first-order valence-corrected chi connectivity index (χ1v) is 45.9. The number of para-hydroxylation sites is 1. The zero-order chi connectivity index (χ0) is 90.7. The number of carbonyl (C=O) groups excluding carboxylic acids is 12. The van der Waals surface area contributed by atoms with Gasteiger partial charge in [-0.3, -0.25) is 57.5 Å². The number of benzene rings is 6. The minimum atomic E-state index is -4.00. The van der Waals surface area contributed by atoms with E-state index in [0.29, 0.717) is 51.6 Å². The van der Waals surface area contributed by atoms with Gasteiger partial charge in [0.2, 0.25) is 59.1 Å². The smallest absolute Gasteiger partial charge is 0.246 e. The standard InChI is InChI=1S/C90H110Cl2FN11O18S2/c1-54-78(107)49-60(34-38-123(8,119)120)81(110)98-71(45-58-25-19-27-65(92)42-58)86(115)103(7)76(53-105)85(114)96-69(35-39-124(9,121)122)83(112)99-72(48-62-52-94-68-29-17-16-28-66(62)68)87(116)102(6)75(47-56-22-14-11-15-23-56)89(118)101(5)74(46-55-20-12-10-13-21-55)79(108)50-61(40-59-30-31-77(106)67(93)43-59)82(111)97-70(44-57-24-18-26-64(91)41-57)84(113)100-73(51-80(109)95-54)88(117)104-36-32-63(33-37-104)90(2,3)4/h10-31,41-43,52,54,60-61,63,69-76,94,105-106H,32-40,44-51,53H2,1-9H3,(H,95,109)(H,96,114)(H,97,111)(H,98,110)(H,99,112)(H,100,113)/t54-,60+,61+,69-,70-,71-,72-,73-,74-,75-,76-/m0/s1. The summed E-state index contributed by atoms with van der Waals surface area (Å²) in [6, 6.07) is 24.2. The first-order chi connectivity index (χ1) is 58.5. The van der Waals surface area contributed by atoms with E-state index in [4.69, 9.17) is 23.2 Å². The fourth-order valence-electron chi connectivity index (χ4n) is 15.7. The number of aliphatic hydroxyl groups is 1. The molecular weight excluding hydrogens is 1680 g/mol. The molecule has 7 aromatic rings. The van der Waals surface area contributed by atoms with Crippen molar-refractivity contribution in [3.8, 4) is 5.75 Å². The van der Waals surface area contributed by atoms with Crippen LogP contribution < -0.4 is 31.9 Å². The summed E-state index contributed by atoms with van der Waals surface area (Å²) in [5.74, 6) is -18.0. The van der Waals surface area contributed by atoms with Gasteiger partial charge in [0.05, 0.1) is 36.6 Å². The van der Waals surface area contributed by atoms with Crippen molar-refractivity contribution in [2.45, 2.75) is 166 Å². The third kappa shape index (κ3) is 27.8. The van der Waals surface area contributed by atoms with E-state index < -0.39 is 231 Å². The number of sulfone groups is 2. The van der Waals surface area contributed by atoms with Crippen LogP contribution in [0.4, 0.5) is 4.39 Å². The lowest BCUT2D eigenvalue weighted by atomic mass is 9.75. The second-order valence-electron chi connectivity index (χ2n) is 33.5. The Labute approximate surface area is 731 Å². The highest BCUT2D eigenvalue weighted by atomic mass is 35.5. The topological polar surface area (TPSA) is 415 Å². The summed E-state index contributed by atoms with van der Waals surface area (Å²) >= 11 is 13.0. The number of nitrogens with zero attached hydrogens (tertiary/aromatic N) is 4. The Bertz CT molecular complexity index is 5270. The van der Waals surface area contributed by atoms with Gasteiger partial charge in [0.1, 0.15) is 62.0 Å². The number of aromatic amines is 1. The minimum absolute atomic E-state index is 0.0862. The first kappa shape index (κ1) is 96.9. The number of piperidine rings is 1. The van der Waals surface area contributed by atoms with Crippen LogP contribution in [0, 0.1) is 29.0 Å². The van der Waals surface area contributed by atoms with E-state index in [1.54, 1.807) is 115 Å². The fraction of sp³-hybridized carbons (Fsp3) is 0.444. The zero-order valence-corrected chi connectivity index (χ0v) is 74.0. The number of likely N-dealkylation sites (N-methyl/N-ethyl adjacent to an activating group) is 3. The van der Waals surface area contributed by atoms with Gasteiger partial charge in [-0.1, -0.05) is 153 Å². The summed E-state index contributed by atoms with van der Waals surface area (Å²) < 4.78 is 67.7. The van der Waals surface area contributed by atoms with Crippen molar-refractivity contribution in [2.24, 2.45) is 23.2 Å². The average molecular weight is 1790 g/mol. The number of amides is 10. The summed E-state index contributed by atoms with van der Waals surface area (Å²) in [6.45, 7) is 6.65. The molecule has 0 radical (unpaired) electrons. The van der Waals surface area contributed by atoms with Crippen LogP contribution in [0.2, 0.25) is 10.0 Å². The summed E-state index contributed by atoms with van der Waals surface area (Å²) in [5.41, 5.74) is 2.68. The Morgan fingerprint density at radius 3 is 1.55 bits per heavy atom. The molecule has 0 spiro atoms. The summed E-state index contributed by atoms with van der Waals surface area (Å²) in [6.07, 6.45) is -1.26. The Kier molecular flexibility index (Phi) is 34.1. The number of likely N-dealkylation sites (tertiary alicyclic amines) is 1. The third-order valence-corrected chi connectivity index (χ3v) is 25.4. The van der Waals surface area contributed by atoms with Crippen LogP contribution in [0.25, 0.3) is 10.9 Å². The molecule has 2 aliphatic heterocycles. The molecule has 0 unspecified atom stereocenters. The van der Waals surface area contributed by atoms with Gasteiger partial charge in [-0.25, -0.2) is 21.2 Å². The number of ketones is 2. The summed E-state index contributed by atoms with van der Waals surface area (Å²) in [5, 5.41) is 38.5. The number of hydrogen-bond acceptors (Lipinski definition) is 18. The van der Waals surface area contributed by atoms with E-state index in [0.717, 1.165) is 46.4 Å². The Morgan fingerprint density at radius 2 is 0.976 bits per heavy atom. The lowest BCUT2D eigenvalue weighted by molar-refractivity contribution is -0.149. The van der Waals surface area contributed by atoms with E-state index in [2.05, 4.69) is 57.7 Å². The SMILES string of the molecule is C[C@@H]1NC(=O)C[C@@H](C(=O)N2CCC(C(C)(C)C)CC2)NC(=O)[C@H](Cc2cccc(Cl)c2)NC(=O)[C@H](Cc2ccc(O)c(F)c2)CC(=O)[C@H](Cc2ccccc2)N(C)C(=O)[C@H](Cc2ccccc2)N(C)C(=O)[C@H](Cc2c[nH]c3ccccc23)NC(=O)[C@H](CCS(C)(=O)=O)NC(=O)[C@H](CO)N(C)C(=O)[C@H](Cc2cccc(Cl)c2)NC(=O)[C@H](CCS(C)(=O)=O)CC1=O. The fourth-order valence-corrected chi connectivity index (χ4v) is 17.5. The van der Waals surface area contributed by atoms with Gasteiger partial charge in [-0.2, -0.15) is 0 Å². The number of aromatic nitrogens is 1. The average Bonchev–Trinajstić information content (AvgIpc) is 1.76. The van der Waals surface area contributed by atoms with Gasteiger partial charge < -0.3 is 66.7 Å². The van der Waals surface area contributed by atoms with Gasteiger partial charge in [0.15, 0.2) is 23.1 Å². The quantitative estimate of drug-likeness (QED) is 0.0411. The first-order valence-electron chi connectivity index (χ1n) is 41.0. The molecule has 9 N–H and O–H groups in total. The van der Waals surface area contributed by atoms with Gasteiger partial charge in [-0.05, 0) is 133 Å². The molecule has 29 nitrogen and oxygen atoms in total. The number of carbonyl (C=O) groups is 12. The number of aromatic hydroxyl groups is 1. The summed E-state index contributed by atoms with van der Waals surface area (Å²) in [7, 11) is -4.20. The van der Waals surface area contributed by atoms with Crippen LogP contribution >= 0.6 is 23.2 Å². The maximum atomic E-state index is 16.2. The van der Waals surface area contributed by atoms with Crippen molar-refractivity contribution in [1.29, 1.82) is 0 Å². The highest BCUT2D eigenvalue weighted by Crippen LogP contribution is 2.35. The molecule has 3 heterocycles. The molecule has 0 aliphatic carbocycles. The molecule has 0 saturated carbocycles. The van der Waals surface area contributed by atoms with Gasteiger partial charge >= 0.3 is 0 Å². The summed E-state index contributed by atoms with van der Waals surface area (Å²) in [4.78, 5) is 192. The monoisotopic (exact) mass is 1790 g/mol. The molecule has 1 aromatic heterocycles. The van der Waals surface area contributed by atoms with E-state index in [-0.39, 0.29) is 65.7 Å². The Balaban J connectivity index is 1.20. The van der Waals surface area contributed by atoms with Crippen molar-refractivity contribution in [1.82, 2.24) is 56.5 Å². The number of fused-ring (bicyclic) bond motifs is 1.